The molecular formula is C12H16FNO2S. The van der Waals surface area contributed by atoms with Gasteiger partial charge in [0.05, 0.1) is 6.61 Å². The fourth-order valence-corrected chi connectivity index (χ4v) is 2.10. The second kappa shape index (κ2) is 7.29. The molecule has 0 heterocycles. The number of nitrogens with one attached hydrogen (secondary N) is 1. The van der Waals surface area contributed by atoms with E-state index in [4.69, 9.17) is 5.11 Å². The molecule has 0 saturated heterocycles. The molecule has 1 atom stereocenters. The van der Waals surface area contributed by atoms with Crippen molar-refractivity contribution in [2.45, 2.75) is 24.3 Å². The van der Waals surface area contributed by atoms with Crippen LogP contribution < -0.4 is 5.32 Å². The molecule has 1 amide bonds. The van der Waals surface area contributed by atoms with Gasteiger partial charge in [0.25, 0.3) is 0 Å². The van der Waals surface area contributed by atoms with Gasteiger partial charge < -0.3 is 10.4 Å². The number of thioether (sulfide) groups is 1. The second-order valence-corrected chi connectivity index (χ2v) is 4.82. The van der Waals surface area contributed by atoms with Gasteiger partial charge in [0.15, 0.2) is 0 Å². The minimum atomic E-state index is -0.262. The van der Waals surface area contributed by atoms with Crippen LogP contribution in [0.4, 0.5) is 4.39 Å². The lowest BCUT2D eigenvalue weighted by Crippen LogP contribution is -2.35. The molecule has 3 nitrogen and oxygen atoms in total. The van der Waals surface area contributed by atoms with Gasteiger partial charge in [0, 0.05) is 23.1 Å². The Bertz CT molecular complexity index is 373. The maximum atomic E-state index is 13.2. The van der Waals surface area contributed by atoms with Gasteiger partial charge in [-0.2, -0.15) is 0 Å². The third-order valence-electron chi connectivity index (χ3n) is 2.10. The normalized spacial score (nSPS) is 12.2. The average Bonchev–Trinajstić information content (AvgIpc) is 2.31. The zero-order valence-electron chi connectivity index (χ0n) is 9.65. The van der Waals surface area contributed by atoms with Gasteiger partial charge in [-0.15, -0.1) is 11.8 Å². The molecule has 2 N–H and O–H groups in total. The summed E-state index contributed by atoms with van der Waals surface area (Å²) in [6.45, 7) is 1.65. The van der Waals surface area contributed by atoms with Crippen LogP contribution in [0.15, 0.2) is 29.2 Å². The summed E-state index contributed by atoms with van der Waals surface area (Å²) in [7, 11) is 0. The molecule has 94 valence electrons. The predicted octanol–water partition coefficient (Wildman–Crippen LogP) is 1.80. The highest BCUT2D eigenvalue weighted by Crippen LogP contribution is 2.21. The number of carbonyl (C=O) groups excluding carboxylic acids is 1. The lowest BCUT2D eigenvalue weighted by Gasteiger charge is -2.10. The number of benzene rings is 1. The molecule has 0 aliphatic heterocycles. The van der Waals surface area contributed by atoms with Gasteiger partial charge in [-0.3, -0.25) is 4.79 Å². The molecule has 0 aromatic heterocycles. The van der Waals surface area contributed by atoms with Crippen LogP contribution in [0.5, 0.6) is 0 Å². The first kappa shape index (κ1) is 14.0. The molecule has 0 bridgehead atoms. The van der Waals surface area contributed by atoms with Crippen molar-refractivity contribution in [1.29, 1.82) is 0 Å². The summed E-state index contributed by atoms with van der Waals surface area (Å²) in [5, 5.41) is 11.4. The van der Waals surface area contributed by atoms with Crippen LogP contribution in [0.2, 0.25) is 0 Å². The quantitative estimate of drug-likeness (QED) is 0.764. The second-order valence-electron chi connectivity index (χ2n) is 3.68. The first-order valence-corrected chi connectivity index (χ1v) is 6.39. The van der Waals surface area contributed by atoms with Crippen molar-refractivity contribution in [2.24, 2.45) is 0 Å². The topological polar surface area (TPSA) is 49.3 Å². The van der Waals surface area contributed by atoms with Crippen molar-refractivity contribution >= 4 is 17.7 Å². The van der Waals surface area contributed by atoms with Crippen LogP contribution in [0, 0.1) is 5.82 Å². The third kappa shape index (κ3) is 5.19. The maximum Gasteiger partial charge on any atom is 0.221 e. The summed E-state index contributed by atoms with van der Waals surface area (Å²) in [6.07, 6.45) is 0.309. The smallest absolute Gasteiger partial charge is 0.221 e. The number of amides is 1. The molecule has 0 saturated carbocycles. The van der Waals surface area contributed by atoms with E-state index in [9.17, 15) is 9.18 Å². The number of aliphatic hydroxyl groups is 1. The fraction of sp³-hybridized carbons (Fsp3) is 0.417. The molecule has 0 aliphatic rings. The van der Waals surface area contributed by atoms with E-state index in [-0.39, 0.29) is 24.4 Å². The minimum Gasteiger partial charge on any atom is -0.394 e. The van der Waals surface area contributed by atoms with E-state index in [2.05, 4.69) is 5.32 Å². The summed E-state index contributed by atoms with van der Waals surface area (Å²) in [5.41, 5.74) is 0. The van der Waals surface area contributed by atoms with Crippen LogP contribution in [-0.4, -0.2) is 29.4 Å². The Balaban J connectivity index is 2.29. The van der Waals surface area contributed by atoms with Crippen molar-refractivity contribution < 1.29 is 14.3 Å². The Morgan fingerprint density at radius 2 is 2.24 bits per heavy atom. The standard InChI is InChI=1S/C12H16FNO2S/c1-9(8-15)14-12(16)6-7-17-11-5-3-2-4-10(11)13/h2-5,9,15H,6-8H2,1H3,(H,14,16). The summed E-state index contributed by atoms with van der Waals surface area (Å²) < 4.78 is 13.2. The minimum absolute atomic E-state index is 0.0772. The predicted molar refractivity (Wildman–Crippen MR) is 66.4 cm³/mol. The largest absolute Gasteiger partial charge is 0.394 e. The molecule has 1 unspecified atom stereocenters. The zero-order valence-corrected chi connectivity index (χ0v) is 10.5. The number of rotatable bonds is 6. The summed E-state index contributed by atoms with van der Waals surface area (Å²) >= 11 is 1.31. The van der Waals surface area contributed by atoms with E-state index in [1.807, 2.05) is 0 Å². The summed E-state index contributed by atoms with van der Waals surface area (Å²) in [5.74, 6) is 0.127. The number of hydrogen-bond donors (Lipinski definition) is 2. The Kier molecular flexibility index (Phi) is 6.00. The lowest BCUT2D eigenvalue weighted by atomic mass is 10.3. The molecule has 1 rings (SSSR count). The van der Waals surface area contributed by atoms with E-state index >= 15 is 0 Å². The highest BCUT2D eigenvalue weighted by atomic mass is 32.2. The molecule has 0 fully saturated rings. The molecular weight excluding hydrogens is 241 g/mol. The number of carbonyl (C=O) groups is 1. The fourth-order valence-electron chi connectivity index (χ4n) is 1.21. The molecule has 1 aromatic carbocycles. The Hall–Kier alpha value is -1.07. The Labute approximate surface area is 104 Å². The monoisotopic (exact) mass is 257 g/mol. The third-order valence-corrected chi connectivity index (χ3v) is 3.15. The zero-order chi connectivity index (χ0) is 12.7. The van der Waals surface area contributed by atoms with Crippen molar-refractivity contribution in [3.63, 3.8) is 0 Å². The number of halogens is 1. The number of aliphatic hydroxyl groups excluding tert-OH is 1. The van der Waals surface area contributed by atoms with Crippen molar-refractivity contribution in [3.05, 3.63) is 30.1 Å². The van der Waals surface area contributed by atoms with Crippen molar-refractivity contribution in [1.82, 2.24) is 5.32 Å². The van der Waals surface area contributed by atoms with Crippen molar-refractivity contribution in [2.75, 3.05) is 12.4 Å². The first-order valence-electron chi connectivity index (χ1n) is 5.41. The van der Waals surface area contributed by atoms with E-state index < -0.39 is 0 Å². The van der Waals surface area contributed by atoms with E-state index in [1.165, 1.54) is 17.8 Å². The Morgan fingerprint density at radius 3 is 2.88 bits per heavy atom. The van der Waals surface area contributed by atoms with E-state index in [1.54, 1.807) is 25.1 Å². The number of hydrogen-bond acceptors (Lipinski definition) is 3. The lowest BCUT2D eigenvalue weighted by molar-refractivity contribution is -0.121. The van der Waals surface area contributed by atoms with Gasteiger partial charge in [-0.05, 0) is 19.1 Å². The molecule has 1 aromatic rings. The SMILES string of the molecule is CC(CO)NC(=O)CCSc1ccccc1F. The maximum absolute atomic E-state index is 13.2. The molecule has 0 spiro atoms. The Morgan fingerprint density at radius 1 is 1.53 bits per heavy atom. The summed E-state index contributed by atoms with van der Waals surface area (Å²) in [4.78, 5) is 11.9. The highest BCUT2D eigenvalue weighted by molar-refractivity contribution is 7.99. The molecule has 5 heteroatoms. The van der Waals surface area contributed by atoms with E-state index in [0.29, 0.717) is 17.1 Å². The van der Waals surface area contributed by atoms with Gasteiger partial charge in [-0.25, -0.2) is 4.39 Å². The molecule has 0 aliphatic carbocycles. The first-order chi connectivity index (χ1) is 8.13. The van der Waals surface area contributed by atoms with Crippen LogP contribution in [0.1, 0.15) is 13.3 Å². The van der Waals surface area contributed by atoms with E-state index in [0.717, 1.165) is 0 Å². The summed E-state index contributed by atoms with van der Waals surface area (Å²) in [6, 6.07) is 6.25. The van der Waals surface area contributed by atoms with Gasteiger partial charge >= 0.3 is 0 Å². The van der Waals surface area contributed by atoms with Gasteiger partial charge in [0.2, 0.25) is 5.91 Å². The highest BCUT2D eigenvalue weighted by Gasteiger charge is 2.07. The average molecular weight is 257 g/mol. The van der Waals surface area contributed by atoms with Gasteiger partial charge in [-0.1, -0.05) is 12.1 Å². The molecule has 17 heavy (non-hydrogen) atoms. The molecule has 0 radical (unpaired) electrons. The van der Waals surface area contributed by atoms with Crippen LogP contribution in [0.25, 0.3) is 0 Å². The van der Waals surface area contributed by atoms with Crippen molar-refractivity contribution in [3.8, 4) is 0 Å². The van der Waals surface area contributed by atoms with Crippen LogP contribution in [-0.2, 0) is 4.79 Å². The van der Waals surface area contributed by atoms with Gasteiger partial charge in [0.1, 0.15) is 5.82 Å². The van der Waals surface area contributed by atoms with Crippen LogP contribution >= 0.6 is 11.8 Å². The van der Waals surface area contributed by atoms with Crippen LogP contribution in [0.3, 0.4) is 0 Å².